The number of amides is 11. The molecule has 101 heavy (non-hydrogen) atoms. The fraction of sp³-hybridized carbons (Fsp3) is 0.531. The highest BCUT2D eigenvalue weighted by molar-refractivity contribution is 8.76. The van der Waals surface area contributed by atoms with Crippen LogP contribution in [0.3, 0.4) is 0 Å². The summed E-state index contributed by atoms with van der Waals surface area (Å²) >= 11 is 0. The Labute approximate surface area is 593 Å². The number of primary amides is 1. The fourth-order valence-electron chi connectivity index (χ4n) is 10.7. The van der Waals surface area contributed by atoms with Gasteiger partial charge in [-0.05, 0) is 131 Å². The number of fused-ring (bicyclic) bond motifs is 2. The lowest BCUT2D eigenvalue weighted by molar-refractivity contribution is -0.143. The molecule has 0 aromatic heterocycles. The van der Waals surface area contributed by atoms with Crippen LogP contribution in [0, 0.1) is 0 Å². The van der Waals surface area contributed by atoms with Crippen LogP contribution in [0.5, 0.6) is 0 Å². The molecule has 10 atom stereocenters. The number of guanidine groups is 3. The first kappa shape index (κ1) is 83.5. The molecule has 0 spiro atoms. The first-order valence-corrected chi connectivity index (χ1v) is 35.7. The molecular weight excluding hydrogens is 1350 g/mol. The molecule has 2 aromatic carbocycles. The monoisotopic (exact) mass is 1450 g/mol. The standard InChI is InChI=1S/C64H100N22O13S2/c1-2-14-40(87)17-5-6-19-42-52(89)81-45(20-7-8-27-65)59(96)86-32-13-24-50(86)58(95)80-44(22-11-31-77-64(73)99)54(91)85-49(57(94)82-46(60(97)98)23-12-30-76-63(71)72)36-101-100-35-48(56(93)79-42)84-53(90)43(21-10-29-75-62(69)70)78-55(92)47(83-51(88)41(66)18-9-28-74-61(67)68)34-37-25-26-38-15-3-4-16-39(38)33-37/h2-5,14-17,25-26,33,41-50,87H,1,6-13,18-24,27-32,34-36,65-66H2,(H,78,92)(H,79,93)(H,80,95)(H,81,89)(H,82,94)(H,83,88)(H,84,90)(H,85,91)(H,97,98)(H4,67,68,74)(H4,69,70,75)(H4,71,72,76)(H3,73,77,99)/b17-5-,40-14+/t41-,42-,43-,44-,45+,46-,47+,48-,49-,50-/m0/s1. The van der Waals surface area contributed by atoms with E-state index in [9.17, 15) is 53.4 Å². The Hall–Kier alpha value is -9.88. The molecule has 2 fully saturated rings. The maximum Gasteiger partial charge on any atom is 0.326 e. The molecule has 2 saturated heterocycles. The summed E-state index contributed by atoms with van der Waals surface area (Å²) in [6.45, 7) is 3.90. The lowest BCUT2D eigenvalue weighted by Crippen LogP contribution is -2.61. The number of allylic oxidation sites excluding steroid dienone is 4. The minimum atomic E-state index is -1.65. The number of aliphatic imine (C=N–C) groups is 3. The van der Waals surface area contributed by atoms with Gasteiger partial charge in [-0.3, -0.25) is 58.1 Å². The number of carboxylic acid groups (broad SMARTS) is 1. The number of unbranched alkanes of at least 4 members (excludes halogenated alkanes) is 1. The second-order valence-electron chi connectivity index (χ2n) is 23.9. The van der Waals surface area contributed by atoms with Crippen LogP contribution in [-0.4, -0.2) is 209 Å². The fourth-order valence-corrected chi connectivity index (χ4v) is 13.1. The predicted octanol–water partition coefficient (Wildman–Crippen LogP) is -3.24. The van der Waals surface area contributed by atoms with Gasteiger partial charge in [-0.25, -0.2) is 9.59 Å². The third-order valence-corrected chi connectivity index (χ3v) is 18.4. The molecule has 2 aliphatic rings. The number of carbonyl (C=O) groups excluding carboxylic acids is 10. The van der Waals surface area contributed by atoms with Gasteiger partial charge in [0.2, 0.25) is 53.2 Å². The first-order chi connectivity index (χ1) is 48.2. The lowest BCUT2D eigenvalue weighted by atomic mass is 10.00. The van der Waals surface area contributed by atoms with Crippen LogP contribution in [0.1, 0.15) is 102 Å². The number of carbonyl (C=O) groups is 11. The van der Waals surface area contributed by atoms with Gasteiger partial charge < -0.3 is 115 Å². The van der Waals surface area contributed by atoms with E-state index in [1.165, 1.54) is 29.2 Å². The second-order valence-corrected chi connectivity index (χ2v) is 26.5. The summed E-state index contributed by atoms with van der Waals surface area (Å²) < 4.78 is 0. The number of rotatable bonds is 36. The summed E-state index contributed by atoms with van der Waals surface area (Å²) in [6.07, 6.45) is 6.48. The van der Waals surface area contributed by atoms with Crippen molar-refractivity contribution in [2.75, 3.05) is 50.8 Å². The zero-order valence-electron chi connectivity index (χ0n) is 56.5. The average molecular weight is 1450 g/mol. The third-order valence-electron chi connectivity index (χ3n) is 16.0. The van der Waals surface area contributed by atoms with E-state index in [1.807, 2.05) is 36.4 Å². The van der Waals surface area contributed by atoms with E-state index in [1.54, 1.807) is 6.07 Å². The Morgan fingerprint density at radius 1 is 0.653 bits per heavy atom. The smallest absolute Gasteiger partial charge is 0.326 e. The van der Waals surface area contributed by atoms with Crippen molar-refractivity contribution in [1.29, 1.82) is 0 Å². The van der Waals surface area contributed by atoms with Crippen LogP contribution in [0.25, 0.3) is 10.8 Å². The third kappa shape index (κ3) is 31.1. The molecule has 0 radical (unpaired) electrons. The van der Waals surface area contributed by atoms with Crippen LogP contribution < -0.4 is 99.5 Å². The highest BCUT2D eigenvalue weighted by Crippen LogP contribution is 2.26. The highest BCUT2D eigenvalue weighted by atomic mass is 33.1. The van der Waals surface area contributed by atoms with Crippen molar-refractivity contribution in [2.45, 2.75) is 163 Å². The van der Waals surface area contributed by atoms with Crippen LogP contribution >= 0.6 is 21.6 Å². The Bertz CT molecular complexity index is 3310. The number of aliphatic hydroxyl groups excluding tert-OH is 1. The predicted molar refractivity (Wildman–Crippen MR) is 387 cm³/mol. The summed E-state index contributed by atoms with van der Waals surface area (Å²) in [5, 5.41) is 46.3. The Kier molecular flexibility index (Phi) is 37.2. The van der Waals surface area contributed by atoms with Gasteiger partial charge >= 0.3 is 12.0 Å². The molecule has 2 aromatic rings. The van der Waals surface area contributed by atoms with Gasteiger partial charge in [0.15, 0.2) is 17.9 Å². The van der Waals surface area contributed by atoms with E-state index >= 15 is 9.59 Å². The van der Waals surface area contributed by atoms with Crippen molar-refractivity contribution in [1.82, 2.24) is 52.8 Å². The van der Waals surface area contributed by atoms with E-state index in [4.69, 9.17) is 51.6 Å². The minimum Gasteiger partial charge on any atom is -0.508 e. The van der Waals surface area contributed by atoms with Gasteiger partial charge in [0.25, 0.3) is 0 Å². The molecule has 556 valence electrons. The topological polar surface area (TPSA) is 611 Å². The van der Waals surface area contributed by atoms with Crippen molar-refractivity contribution in [3.63, 3.8) is 0 Å². The number of urea groups is 1. The number of nitrogens with one attached hydrogen (secondary N) is 9. The minimum absolute atomic E-state index is 0.00107. The number of nitrogens with two attached hydrogens (primary N) is 9. The zero-order chi connectivity index (χ0) is 74.4. The van der Waals surface area contributed by atoms with Crippen molar-refractivity contribution in [2.24, 2.45) is 66.6 Å². The van der Waals surface area contributed by atoms with E-state index in [2.05, 4.69) is 69.4 Å². The van der Waals surface area contributed by atoms with Crippen LogP contribution in [0.4, 0.5) is 4.79 Å². The van der Waals surface area contributed by atoms with Crippen molar-refractivity contribution < 1.29 is 63.0 Å². The van der Waals surface area contributed by atoms with Gasteiger partial charge in [-0.1, -0.05) is 82.8 Å². The van der Waals surface area contributed by atoms with Gasteiger partial charge in [0.1, 0.15) is 60.1 Å². The van der Waals surface area contributed by atoms with Gasteiger partial charge in [-0.15, -0.1) is 0 Å². The van der Waals surface area contributed by atoms with Crippen LogP contribution in [0.15, 0.2) is 94.1 Å². The molecule has 37 heteroatoms. The quantitative estimate of drug-likeness (QED) is 0.00796. The number of aliphatic hydroxyl groups is 1. The van der Waals surface area contributed by atoms with Crippen molar-refractivity contribution >= 4 is 115 Å². The van der Waals surface area contributed by atoms with Crippen molar-refractivity contribution in [3.05, 3.63) is 84.7 Å². The number of hydrogen-bond donors (Lipinski definition) is 20. The molecule has 0 saturated carbocycles. The average Bonchev–Trinajstić information content (AvgIpc) is 1.81. The number of nitrogens with zero attached hydrogens (tertiary/aromatic N) is 4. The molecule has 0 bridgehead atoms. The molecule has 0 aliphatic carbocycles. The molecule has 29 N–H and O–H groups in total. The van der Waals surface area contributed by atoms with E-state index in [0.717, 1.165) is 32.4 Å². The second kappa shape index (κ2) is 45.0. The normalized spacial score (nSPS) is 20.0. The zero-order valence-corrected chi connectivity index (χ0v) is 58.1. The molecule has 2 heterocycles. The SMILES string of the molecule is C=C/C=C(O)\C=C/CC[C@@H]1NC(=O)[C@@H](NC(=O)[C@H](CCCN=C(N)N)NC(=O)[C@@H](Cc2ccc3ccccc3c2)NC(=O)[C@@H](N)CCCN=C(N)N)CSSC[C@@H](C(=O)N[C@@H](CCCN=C(N)N)C(=O)O)NC(=O)[C@H](CCCNC(N)=O)NC(=O)[C@@H]2CCCN2C(=O)[C@@H](CCCCN)NC1=O. The Morgan fingerprint density at radius 3 is 1.89 bits per heavy atom. The first-order valence-electron chi connectivity index (χ1n) is 33.2. The lowest BCUT2D eigenvalue weighted by Gasteiger charge is -2.31. The number of benzene rings is 2. The summed E-state index contributed by atoms with van der Waals surface area (Å²) in [6, 6.07) is -2.29. The molecule has 0 unspecified atom stereocenters. The van der Waals surface area contributed by atoms with Gasteiger partial charge in [0.05, 0.1) is 6.04 Å². The number of aliphatic carboxylic acids is 1. The summed E-state index contributed by atoms with van der Waals surface area (Å²) in [5.74, 6) is -10.9. The Morgan fingerprint density at radius 2 is 1.25 bits per heavy atom. The number of carboxylic acids is 1. The van der Waals surface area contributed by atoms with E-state index in [-0.39, 0.29) is 146 Å². The largest absolute Gasteiger partial charge is 0.508 e. The van der Waals surface area contributed by atoms with Gasteiger partial charge in [0, 0.05) is 50.7 Å². The maximum atomic E-state index is 15.2. The summed E-state index contributed by atoms with van der Waals surface area (Å²) in [5.41, 5.74) is 51.4. The van der Waals surface area contributed by atoms with Crippen molar-refractivity contribution in [3.8, 4) is 0 Å². The molecule has 11 amide bonds. The summed E-state index contributed by atoms with van der Waals surface area (Å²) in [4.78, 5) is 170. The molecule has 35 nitrogen and oxygen atoms in total. The van der Waals surface area contributed by atoms with E-state index in [0.29, 0.717) is 31.2 Å². The molecule has 4 rings (SSSR count). The van der Waals surface area contributed by atoms with Crippen LogP contribution in [0.2, 0.25) is 0 Å². The molecular formula is C64H100N22O13S2. The number of hydrogen-bond acceptors (Lipinski definition) is 19. The summed E-state index contributed by atoms with van der Waals surface area (Å²) in [7, 11) is 1.76. The van der Waals surface area contributed by atoms with Gasteiger partial charge in [-0.2, -0.15) is 0 Å². The highest BCUT2D eigenvalue weighted by Gasteiger charge is 2.41. The van der Waals surface area contributed by atoms with Crippen LogP contribution in [-0.2, 0) is 54.4 Å². The maximum absolute atomic E-state index is 15.2. The molecule has 2 aliphatic heterocycles. The Balaban J connectivity index is 1.89. The van der Waals surface area contributed by atoms with E-state index < -0.39 is 131 Å².